The molecule has 0 heterocycles. The van der Waals surface area contributed by atoms with Crippen LogP contribution in [0.5, 0.6) is 0 Å². The van der Waals surface area contributed by atoms with E-state index in [4.69, 9.17) is 5.11 Å². The normalized spacial score (nSPS) is 17.2. The molecule has 0 aliphatic heterocycles. The molecule has 1 amide bonds. The Morgan fingerprint density at radius 3 is 1.83 bits per heavy atom. The van der Waals surface area contributed by atoms with Crippen LogP contribution >= 0.6 is 0 Å². The number of hydrogen-bond acceptors (Lipinski definition) is 2. The van der Waals surface area contributed by atoms with Crippen molar-refractivity contribution in [3.8, 4) is 0 Å². The predicted molar refractivity (Wildman–Crippen MR) is 108 cm³/mol. The zero-order chi connectivity index (χ0) is 22.5. The lowest BCUT2D eigenvalue weighted by Crippen LogP contribution is -2.34. The van der Waals surface area contributed by atoms with Crippen LogP contribution in [0.3, 0.4) is 0 Å². The summed E-state index contributed by atoms with van der Waals surface area (Å²) in [6.07, 6.45) is -3.04. The second-order valence-electron chi connectivity index (χ2n) is 9.05. The Bertz CT molecular complexity index is 1010. The average Bonchev–Trinajstić information content (AvgIpc) is 2.64. The van der Waals surface area contributed by atoms with E-state index in [9.17, 15) is 22.8 Å². The lowest BCUT2D eigenvalue weighted by Gasteiger charge is -2.42. The van der Waals surface area contributed by atoms with Gasteiger partial charge >= 0.3 is 12.1 Å². The maximum absolute atomic E-state index is 13.8. The van der Waals surface area contributed by atoms with Crippen LogP contribution in [0.25, 0.3) is 0 Å². The van der Waals surface area contributed by atoms with E-state index in [0.717, 1.165) is 18.4 Å². The fraction of sp³-hybridized carbons (Fsp3) is 0.391. The smallest absolute Gasteiger partial charge is 0.418 e. The summed E-state index contributed by atoms with van der Waals surface area (Å²) in [7, 11) is 0. The maximum Gasteiger partial charge on any atom is 0.418 e. The molecule has 0 aromatic heterocycles. The third-order valence-electron chi connectivity index (χ3n) is 5.94. The van der Waals surface area contributed by atoms with Gasteiger partial charge in [0.15, 0.2) is 0 Å². The lowest BCUT2D eigenvalue weighted by molar-refractivity contribution is -0.137. The Balaban J connectivity index is 2.07. The van der Waals surface area contributed by atoms with Crippen molar-refractivity contribution in [1.29, 1.82) is 0 Å². The maximum atomic E-state index is 13.8. The highest BCUT2D eigenvalue weighted by Gasteiger charge is 2.42. The zero-order valence-electron chi connectivity index (χ0n) is 17.3. The van der Waals surface area contributed by atoms with E-state index in [0.29, 0.717) is 5.56 Å². The summed E-state index contributed by atoms with van der Waals surface area (Å²) in [6, 6.07) is 7.64. The van der Waals surface area contributed by atoms with E-state index >= 15 is 0 Å². The van der Waals surface area contributed by atoms with Crippen LogP contribution < -0.4 is 5.32 Å². The van der Waals surface area contributed by atoms with Gasteiger partial charge in [-0.3, -0.25) is 4.79 Å². The summed E-state index contributed by atoms with van der Waals surface area (Å²) in [5.74, 6) is -1.88. The van der Waals surface area contributed by atoms with Gasteiger partial charge in [0, 0.05) is 5.56 Å². The molecule has 30 heavy (non-hydrogen) atoms. The molecule has 1 aliphatic carbocycles. The molecule has 0 radical (unpaired) electrons. The van der Waals surface area contributed by atoms with Crippen molar-refractivity contribution in [2.24, 2.45) is 0 Å². The quantitative estimate of drug-likeness (QED) is 0.641. The Morgan fingerprint density at radius 2 is 1.37 bits per heavy atom. The SMILES string of the molecule is CC1(C)CCC(C)(C)c2cc(C(F)(F)F)c(NC(=O)c3ccc(C(=O)O)cc3)cc21. The molecular formula is C23H24F3NO3. The molecule has 2 N–H and O–H groups in total. The van der Waals surface area contributed by atoms with Gasteiger partial charge in [-0.1, -0.05) is 27.7 Å². The number of rotatable bonds is 3. The monoisotopic (exact) mass is 419 g/mol. The fourth-order valence-electron chi connectivity index (χ4n) is 3.91. The Kier molecular flexibility index (Phi) is 5.21. The molecule has 2 aromatic rings. The van der Waals surface area contributed by atoms with Crippen LogP contribution in [-0.2, 0) is 17.0 Å². The summed E-state index contributed by atoms with van der Waals surface area (Å²) < 4.78 is 41.5. The zero-order valence-corrected chi connectivity index (χ0v) is 17.3. The average molecular weight is 419 g/mol. The summed E-state index contributed by atoms with van der Waals surface area (Å²) in [6.45, 7) is 7.85. The summed E-state index contributed by atoms with van der Waals surface area (Å²) in [5.41, 5.74) is -0.400. The van der Waals surface area contributed by atoms with Crippen molar-refractivity contribution in [3.05, 3.63) is 64.2 Å². The summed E-state index contributed by atoms with van der Waals surface area (Å²) in [4.78, 5) is 23.6. The van der Waals surface area contributed by atoms with Crippen molar-refractivity contribution in [1.82, 2.24) is 0 Å². The van der Waals surface area contributed by atoms with Crippen molar-refractivity contribution < 1.29 is 27.9 Å². The molecule has 0 saturated carbocycles. The lowest BCUT2D eigenvalue weighted by atomic mass is 9.63. The number of amides is 1. The summed E-state index contributed by atoms with van der Waals surface area (Å²) in [5, 5.41) is 11.3. The van der Waals surface area contributed by atoms with Gasteiger partial charge in [-0.05, 0) is 71.2 Å². The minimum absolute atomic E-state index is 0.0136. The van der Waals surface area contributed by atoms with E-state index in [1.165, 1.54) is 36.4 Å². The molecule has 0 bridgehead atoms. The first-order chi connectivity index (χ1) is 13.7. The molecule has 1 aliphatic rings. The first-order valence-corrected chi connectivity index (χ1v) is 9.63. The van der Waals surface area contributed by atoms with E-state index in [1.807, 2.05) is 27.7 Å². The summed E-state index contributed by atoms with van der Waals surface area (Å²) >= 11 is 0. The first-order valence-electron chi connectivity index (χ1n) is 9.63. The van der Waals surface area contributed by atoms with Gasteiger partial charge in [-0.15, -0.1) is 0 Å². The molecule has 4 nitrogen and oxygen atoms in total. The van der Waals surface area contributed by atoms with Gasteiger partial charge in [0.2, 0.25) is 0 Å². The number of fused-ring (bicyclic) bond motifs is 1. The highest BCUT2D eigenvalue weighted by atomic mass is 19.4. The molecule has 7 heteroatoms. The second kappa shape index (κ2) is 7.15. The van der Waals surface area contributed by atoms with Gasteiger partial charge in [0.05, 0.1) is 16.8 Å². The Hall–Kier alpha value is -2.83. The van der Waals surface area contributed by atoms with Crippen molar-refractivity contribution in [2.45, 2.75) is 57.5 Å². The number of aromatic carboxylic acids is 1. The second-order valence-corrected chi connectivity index (χ2v) is 9.05. The minimum atomic E-state index is -4.64. The predicted octanol–water partition coefficient (Wildman–Crippen LogP) is 6.00. The topological polar surface area (TPSA) is 66.4 Å². The first kappa shape index (κ1) is 21.9. The van der Waals surface area contributed by atoms with Gasteiger partial charge in [-0.25, -0.2) is 4.79 Å². The number of carboxylic acids is 1. The number of carbonyl (C=O) groups excluding carboxylic acids is 1. The number of halogens is 3. The molecule has 160 valence electrons. The van der Waals surface area contributed by atoms with E-state index in [-0.39, 0.29) is 22.2 Å². The molecule has 0 saturated heterocycles. The number of carbonyl (C=O) groups is 2. The number of alkyl halides is 3. The van der Waals surface area contributed by atoms with Gasteiger partial charge in [0.1, 0.15) is 0 Å². The number of anilines is 1. The van der Waals surface area contributed by atoms with Crippen LogP contribution in [0, 0.1) is 0 Å². The van der Waals surface area contributed by atoms with Crippen molar-refractivity contribution in [3.63, 3.8) is 0 Å². The van der Waals surface area contributed by atoms with E-state index < -0.39 is 29.0 Å². The largest absolute Gasteiger partial charge is 0.478 e. The number of nitrogens with one attached hydrogen (secondary N) is 1. The number of benzene rings is 2. The number of hydrogen-bond donors (Lipinski definition) is 2. The third kappa shape index (κ3) is 4.06. The molecule has 2 aromatic carbocycles. The Labute approximate surface area is 173 Å². The van der Waals surface area contributed by atoms with Crippen molar-refractivity contribution >= 4 is 17.6 Å². The molecule has 0 unspecified atom stereocenters. The van der Waals surface area contributed by atoms with E-state index in [1.54, 1.807) is 0 Å². The van der Waals surface area contributed by atoms with Crippen LogP contribution in [0.1, 0.15) is 77.9 Å². The van der Waals surface area contributed by atoms with E-state index in [2.05, 4.69) is 5.32 Å². The molecular weight excluding hydrogens is 395 g/mol. The standard InChI is InChI=1S/C23H24F3NO3/c1-21(2)9-10-22(3,4)16-12-18(17(11-15(16)21)23(24,25)26)27-19(28)13-5-7-14(8-6-13)20(29)30/h5-8,11-12H,9-10H2,1-4H3,(H,27,28)(H,29,30). The fourth-order valence-corrected chi connectivity index (χ4v) is 3.91. The number of carboxylic acid groups (broad SMARTS) is 1. The van der Waals surface area contributed by atoms with Gasteiger partial charge in [-0.2, -0.15) is 13.2 Å². The molecule has 0 fully saturated rings. The van der Waals surface area contributed by atoms with Crippen LogP contribution in [0.15, 0.2) is 36.4 Å². The highest BCUT2D eigenvalue weighted by Crippen LogP contribution is 2.49. The van der Waals surface area contributed by atoms with Gasteiger partial charge < -0.3 is 10.4 Å². The Morgan fingerprint density at radius 1 is 0.900 bits per heavy atom. The van der Waals surface area contributed by atoms with Gasteiger partial charge in [0.25, 0.3) is 5.91 Å². The third-order valence-corrected chi connectivity index (χ3v) is 5.94. The van der Waals surface area contributed by atoms with Crippen LogP contribution in [0.2, 0.25) is 0 Å². The van der Waals surface area contributed by atoms with Crippen molar-refractivity contribution in [2.75, 3.05) is 5.32 Å². The molecule has 0 spiro atoms. The minimum Gasteiger partial charge on any atom is -0.478 e. The van der Waals surface area contributed by atoms with Crippen LogP contribution in [-0.4, -0.2) is 17.0 Å². The molecule has 0 atom stereocenters. The van der Waals surface area contributed by atoms with Crippen LogP contribution in [0.4, 0.5) is 18.9 Å². The molecule has 3 rings (SSSR count). The highest BCUT2D eigenvalue weighted by molar-refractivity contribution is 6.05.